The Balaban J connectivity index is 2.17. The zero-order valence-corrected chi connectivity index (χ0v) is 13.9. The van der Waals surface area contributed by atoms with E-state index < -0.39 is 8.32 Å². The van der Waals surface area contributed by atoms with E-state index in [0.717, 1.165) is 5.95 Å². The summed E-state index contributed by atoms with van der Waals surface area (Å²) in [5.41, 5.74) is 1.09. The number of fused-ring (bicyclic) bond motifs is 1. The fraction of sp³-hybridized carbons (Fsp3) is 0.857. The first-order valence-corrected chi connectivity index (χ1v) is 9.61. The Morgan fingerprint density at radius 1 is 1.22 bits per heavy atom. The second-order valence-electron chi connectivity index (χ2n) is 7.52. The second-order valence-corrected chi connectivity index (χ2v) is 12.2. The van der Waals surface area contributed by atoms with E-state index in [2.05, 4.69) is 54.6 Å². The molecule has 0 aromatic heterocycles. The molecule has 3 nitrogen and oxygen atoms in total. The lowest BCUT2D eigenvalue weighted by Gasteiger charge is -2.46. The summed E-state index contributed by atoms with van der Waals surface area (Å²) in [6, 6.07) is 0. The van der Waals surface area contributed by atoms with Crippen molar-refractivity contribution < 1.29 is 13.9 Å². The average Bonchev–Trinajstić information content (AvgIpc) is 2.36. The van der Waals surface area contributed by atoms with Gasteiger partial charge in [0, 0.05) is 5.57 Å². The summed E-state index contributed by atoms with van der Waals surface area (Å²) < 4.78 is 17.8. The standard InChI is InChI=1S/C14H26O3Si/c1-9-10-12(16-14(10,5)6)15-11(9)17-18(7,8)13(2,3)4/h10,12H,1-8H3/t10-,12-/m0/s1. The molecule has 0 amide bonds. The van der Waals surface area contributed by atoms with Crippen LogP contribution in [0.2, 0.25) is 18.1 Å². The molecule has 0 aromatic carbocycles. The highest BCUT2D eigenvalue weighted by atomic mass is 28.4. The highest BCUT2D eigenvalue weighted by Gasteiger charge is 2.57. The number of ether oxygens (including phenoxy) is 2. The van der Waals surface area contributed by atoms with E-state index in [1.165, 1.54) is 5.57 Å². The summed E-state index contributed by atoms with van der Waals surface area (Å²) in [6.45, 7) is 17.5. The molecule has 2 heterocycles. The molecular formula is C14H26O3Si. The summed E-state index contributed by atoms with van der Waals surface area (Å²) in [5.74, 6) is 1.07. The second kappa shape index (κ2) is 3.76. The minimum Gasteiger partial charge on any atom is -0.519 e. The molecule has 0 spiro atoms. The summed E-state index contributed by atoms with van der Waals surface area (Å²) >= 11 is 0. The SMILES string of the molecule is CC1=C(O[Si](C)(C)C(C)(C)C)O[C@H]2OC(C)(C)[C@@H]12. The third-order valence-corrected chi connectivity index (χ3v) is 8.91. The molecule has 2 rings (SSSR count). The quantitative estimate of drug-likeness (QED) is 0.709. The summed E-state index contributed by atoms with van der Waals surface area (Å²) in [5, 5.41) is 0.182. The monoisotopic (exact) mass is 270 g/mol. The first-order chi connectivity index (χ1) is 7.96. The van der Waals surface area contributed by atoms with Crippen LogP contribution in [0, 0.1) is 5.92 Å². The van der Waals surface area contributed by atoms with Gasteiger partial charge in [0.1, 0.15) is 0 Å². The van der Waals surface area contributed by atoms with Crippen LogP contribution >= 0.6 is 0 Å². The van der Waals surface area contributed by atoms with E-state index in [4.69, 9.17) is 13.9 Å². The Morgan fingerprint density at radius 3 is 2.17 bits per heavy atom. The Labute approximate surface area is 112 Å². The maximum Gasteiger partial charge on any atom is 0.267 e. The van der Waals surface area contributed by atoms with Crippen molar-refractivity contribution in [3.63, 3.8) is 0 Å². The zero-order chi connectivity index (χ0) is 13.9. The van der Waals surface area contributed by atoms with Crippen molar-refractivity contribution in [2.24, 2.45) is 5.92 Å². The van der Waals surface area contributed by atoms with Gasteiger partial charge in [0.25, 0.3) is 14.3 Å². The van der Waals surface area contributed by atoms with Crippen LogP contribution in [-0.2, 0) is 13.9 Å². The normalized spacial score (nSPS) is 30.7. The van der Waals surface area contributed by atoms with Crippen LogP contribution in [0.3, 0.4) is 0 Å². The highest BCUT2D eigenvalue weighted by Crippen LogP contribution is 2.51. The molecule has 2 aliphatic rings. The predicted molar refractivity (Wildman–Crippen MR) is 74.5 cm³/mol. The van der Waals surface area contributed by atoms with Crippen LogP contribution in [0.15, 0.2) is 11.5 Å². The van der Waals surface area contributed by atoms with Gasteiger partial charge in [-0.15, -0.1) is 0 Å². The first kappa shape index (κ1) is 13.9. The lowest BCUT2D eigenvalue weighted by Crippen LogP contribution is -2.55. The molecule has 0 unspecified atom stereocenters. The van der Waals surface area contributed by atoms with Gasteiger partial charge in [0.2, 0.25) is 6.29 Å². The van der Waals surface area contributed by atoms with Crippen molar-refractivity contribution in [3.05, 3.63) is 11.5 Å². The molecule has 18 heavy (non-hydrogen) atoms. The zero-order valence-electron chi connectivity index (χ0n) is 12.9. The Hall–Kier alpha value is -0.483. The van der Waals surface area contributed by atoms with E-state index in [9.17, 15) is 0 Å². The van der Waals surface area contributed by atoms with E-state index in [0.29, 0.717) is 5.92 Å². The van der Waals surface area contributed by atoms with Crippen LogP contribution < -0.4 is 0 Å². The molecule has 0 N–H and O–H groups in total. The Kier molecular flexibility index (Phi) is 2.91. The van der Waals surface area contributed by atoms with E-state index in [-0.39, 0.29) is 16.9 Å². The van der Waals surface area contributed by atoms with Crippen molar-refractivity contribution in [3.8, 4) is 0 Å². The van der Waals surface area contributed by atoms with Crippen LogP contribution in [-0.4, -0.2) is 20.2 Å². The number of hydrogen-bond donors (Lipinski definition) is 0. The summed E-state index contributed by atoms with van der Waals surface area (Å²) in [6.07, 6.45) is -0.125. The lowest BCUT2D eigenvalue weighted by atomic mass is 9.81. The lowest BCUT2D eigenvalue weighted by molar-refractivity contribution is -0.308. The molecule has 2 aliphatic heterocycles. The van der Waals surface area contributed by atoms with Gasteiger partial charge in [0.05, 0.1) is 11.5 Å². The topological polar surface area (TPSA) is 27.7 Å². The Bertz CT molecular complexity index is 390. The minimum absolute atomic E-state index is 0.118. The van der Waals surface area contributed by atoms with Gasteiger partial charge in [-0.25, -0.2) is 0 Å². The van der Waals surface area contributed by atoms with Crippen LogP contribution in [0.25, 0.3) is 0 Å². The smallest absolute Gasteiger partial charge is 0.267 e. The molecule has 1 fully saturated rings. The molecule has 104 valence electrons. The molecule has 1 saturated heterocycles. The molecule has 0 aliphatic carbocycles. The molecule has 4 heteroatoms. The molecular weight excluding hydrogens is 244 g/mol. The third-order valence-electron chi connectivity index (χ3n) is 4.61. The fourth-order valence-corrected chi connectivity index (χ4v) is 3.31. The predicted octanol–water partition coefficient (Wildman–Crippen LogP) is 4.02. The van der Waals surface area contributed by atoms with Crippen molar-refractivity contribution in [1.82, 2.24) is 0 Å². The molecule has 0 aromatic rings. The van der Waals surface area contributed by atoms with E-state index >= 15 is 0 Å². The average molecular weight is 270 g/mol. The maximum atomic E-state index is 6.27. The first-order valence-electron chi connectivity index (χ1n) is 6.70. The van der Waals surface area contributed by atoms with Gasteiger partial charge in [-0.05, 0) is 38.9 Å². The van der Waals surface area contributed by atoms with Crippen LogP contribution in [0.1, 0.15) is 41.5 Å². The highest BCUT2D eigenvalue weighted by molar-refractivity contribution is 6.74. The van der Waals surface area contributed by atoms with Crippen molar-refractivity contribution in [2.75, 3.05) is 0 Å². The number of hydrogen-bond acceptors (Lipinski definition) is 3. The van der Waals surface area contributed by atoms with E-state index in [1.54, 1.807) is 0 Å². The van der Waals surface area contributed by atoms with Crippen LogP contribution in [0.4, 0.5) is 0 Å². The van der Waals surface area contributed by atoms with Gasteiger partial charge >= 0.3 is 0 Å². The van der Waals surface area contributed by atoms with Crippen molar-refractivity contribution >= 4 is 8.32 Å². The minimum atomic E-state index is -1.83. The van der Waals surface area contributed by atoms with Gasteiger partial charge in [-0.1, -0.05) is 20.8 Å². The van der Waals surface area contributed by atoms with Gasteiger partial charge in [-0.3, -0.25) is 0 Å². The molecule has 0 radical (unpaired) electrons. The molecule has 2 atom stereocenters. The van der Waals surface area contributed by atoms with Crippen molar-refractivity contribution in [2.45, 2.75) is 71.6 Å². The largest absolute Gasteiger partial charge is 0.519 e. The van der Waals surface area contributed by atoms with Crippen molar-refractivity contribution in [1.29, 1.82) is 0 Å². The Morgan fingerprint density at radius 2 is 1.78 bits per heavy atom. The van der Waals surface area contributed by atoms with E-state index in [1.807, 2.05) is 0 Å². The summed E-state index contributed by atoms with van der Waals surface area (Å²) in [4.78, 5) is 0. The summed E-state index contributed by atoms with van der Waals surface area (Å²) in [7, 11) is -1.83. The maximum absolute atomic E-state index is 6.27. The van der Waals surface area contributed by atoms with Gasteiger partial charge < -0.3 is 13.9 Å². The number of rotatable bonds is 2. The van der Waals surface area contributed by atoms with Crippen LogP contribution in [0.5, 0.6) is 0 Å². The molecule has 0 bridgehead atoms. The molecule has 0 saturated carbocycles. The fourth-order valence-electron chi connectivity index (χ4n) is 2.33. The van der Waals surface area contributed by atoms with Gasteiger partial charge in [0.15, 0.2) is 0 Å². The van der Waals surface area contributed by atoms with Gasteiger partial charge in [-0.2, -0.15) is 0 Å². The third kappa shape index (κ3) is 1.99.